The number of halogens is 1. The number of amides is 1. The van der Waals surface area contributed by atoms with Gasteiger partial charge in [-0.2, -0.15) is 0 Å². The summed E-state index contributed by atoms with van der Waals surface area (Å²) in [5.41, 5.74) is -0.492. The number of hydrogen-bond donors (Lipinski definition) is 1. The van der Waals surface area contributed by atoms with Gasteiger partial charge in [-0.25, -0.2) is 4.79 Å². The SMILES string of the molecule is O=C1CCC2(C(=O)O)N1CCN2c1cccc(Cl)c1. The lowest BCUT2D eigenvalue weighted by atomic mass is 10.1. The lowest BCUT2D eigenvalue weighted by Crippen LogP contribution is -2.57. The molecule has 2 fully saturated rings. The third-order valence-electron chi connectivity index (χ3n) is 3.89. The summed E-state index contributed by atoms with van der Waals surface area (Å²) in [5, 5.41) is 10.2. The highest BCUT2D eigenvalue weighted by atomic mass is 35.5. The summed E-state index contributed by atoms with van der Waals surface area (Å²) in [7, 11) is 0. The fraction of sp³-hybridized carbons (Fsp3) is 0.385. The van der Waals surface area contributed by atoms with Crippen LogP contribution in [0.1, 0.15) is 12.8 Å². The number of carboxylic acid groups (broad SMARTS) is 1. The van der Waals surface area contributed by atoms with Crippen molar-refractivity contribution in [3.05, 3.63) is 29.3 Å². The molecule has 1 aromatic rings. The number of benzene rings is 1. The number of rotatable bonds is 2. The average Bonchev–Trinajstić information content (AvgIpc) is 2.89. The van der Waals surface area contributed by atoms with Gasteiger partial charge in [0.25, 0.3) is 0 Å². The third-order valence-corrected chi connectivity index (χ3v) is 4.13. The monoisotopic (exact) mass is 280 g/mol. The molecule has 0 spiro atoms. The summed E-state index contributed by atoms with van der Waals surface area (Å²) in [6.45, 7) is 0.954. The van der Waals surface area contributed by atoms with Gasteiger partial charge in [0.2, 0.25) is 11.6 Å². The van der Waals surface area contributed by atoms with Crippen molar-refractivity contribution in [2.45, 2.75) is 18.5 Å². The second-order valence-electron chi connectivity index (χ2n) is 4.80. The van der Waals surface area contributed by atoms with E-state index in [1.165, 1.54) is 4.90 Å². The van der Waals surface area contributed by atoms with Gasteiger partial charge in [0.15, 0.2) is 0 Å². The minimum atomic E-state index is -1.23. The lowest BCUT2D eigenvalue weighted by Gasteiger charge is -2.36. The Morgan fingerprint density at radius 3 is 2.74 bits per heavy atom. The number of carboxylic acids is 1. The van der Waals surface area contributed by atoms with Gasteiger partial charge in [-0.15, -0.1) is 0 Å². The molecule has 0 radical (unpaired) electrons. The fourth-order valence-corrected chi connectivity index (χ4v) is 3.24. The molecule has 0 aliphatic carbocycles. The van der Waals surface area contributed by atoms with Crippen molar-refractivity contribution in [1.82, 2.24) is 4.90 Å². The van der Waals surface area contributed by atoms with Crippen molar-refractivity contribution in [1.29, 1.82) is 0 Å². The van der Waals surface area contributed by atoms with Gasteiger partial charge < -0.3 is 14.9 Å². The van der Waals surface area contributed by atoms with E-state index >= 15 is 0 Å². The van der Waals surface area contributed by atoms with Crippen LogP contribution >= 0.6 is 11.6 Å². The predicted molar refractivity (Wildman–Crippen MR) is 70.1 cm³/mol. The first-order valence-corrected chi connectivity index (χ1v) is 6.50. The molecule has 1 unspecified atom stereocenters. The van der Waals surface area contributed by atoms with Gasteiger partial charge in [0.1, 0.15) is 0 Å². The van der Waals surface area contributed by atoms with Gasteiger partial charge in [0.05, 0.1) is 0 Å². The predicted octanol–water partition coefficient (Wildman–Crippen LogP) is 1.56. The summed E-state index contributed by atoms with van der Waals surface area (Å²) >= 11 is 5.97. The number of anilines is 1. The molecule has 3 rings (SSSR count). The van der Waals surface area contributed by atoms with Crippen molar-refractivity contribution >= 4 is 29.2 Å². The molecule has 19 heavy (non-hydrogen) atoms. The van der Waals surface area contributed by atoms with Crippen LogP contribution in [0.4, 0.5) is 5.69 Å². The van der Waals surface area contributed by atoms with E-state index in [0.29, 0.717) is 24.5 Å². The topological polar surface area (TPSA) is 60.9 Å². The molecule has 5 nitrogen and oxygen atoms in total. The molecule has 6 heteroatoms. The summed E-state index contributed by atoms with van der Waals surface area (Å²) in [6, 6.07) is 7.08. The molecular weight excluding hydrogens is 268 g/mol. The molecule has 0 saturated carbocycles. The zero-order chi connectivity index (χ0) is 13.6. The highest BCUT2D eigenvalue weighted by Crippen LogP contribution is 2.41. The van der Waals surface area contributed by atoms with E-state index < -0.39 is 11.6 Å². The zero-order valence-electron chi connectivity index (χ0n) is 10.2. The summed E-state index contributed by atoms with van der Waals surface area (Å²) in [6.07, 6.45) is 0.594. The van der Waals surface area contributed by atoms with Crippen LogP contribution in [0.15, 0.2) is 24.3 Å². The lowest BCUT2D eigenvalue weighted by molar-refractivity contribution is -0.151. The number of nitrogens with zero attached hydrogens (tertiary/aromatic N) is 2. The molecule has 1 amide bonds. The maximum absolute atomic E-state index is 11.8. The average molecular weight is 281 g/mol. The van der Waals surface area contributed by atoms with Gasteiger partial charge >= 0.3 is 5.97 Å². The molecule has 2 saturated heterocycles. The molecule has 2 aliphatic rings. The first-order chi connectivity index (χ1) is 9.05. The van der Waals surface area contributed by atoms with Crippen LogP contribution in [0.5, 0.6) is 0 Å². The number of hydrogen-bond acceptors (Lipinski definition) is 3. The van der Waals surface area contributed by atoms with Crippen LogP contribution in [-0.2, 0) is 9.59 Å². The zero-order valence-corrected chi connectivity index (χ0v) is 10.9. The Morgan fingerprint density at radius 2 is 2.05 bits per heavy atom. The fourth-order valence-electron chi connectivity index (χ4n) is 3.06. The van der Waals surface area contributed by atoms with Gasteiger partial charge in [0, 0.05) is 36.6 Å². The summed E-state index contributed by atoms with van der Waals surface area (Å²) in [5.74, 6) is -1.07. The Kier molecular flexibility index (Phi) is 2.67. The standard InChI is InChI=1S/C13H13ClN2O3/c14-9-2-1-3-10(8-9)15-6-7-16-11(17)4-5-13(15,16)12(18)19/h1-3,8H,4-7H2,(H,18,19). The van der Waals surface area contributed by atoms with Crippen molar-refractivity contribution in [2.24, 2.45) is 0 Å². The second kappa shape index (κ2) is 4.13. The molecule has 100 valence electrons. The molecule has 2 heterocycles. The second-order valence-corrected chi connectivity index (χ2v) is 5.24. The maximum atomic E-state index is 11.8. The van der Waals surface area contributed by atoms with Gasteiger partial charge in [-0.1, -0.05) is 17.7 Å². The summed E-state index contributed by atoms with van der Waals surface area (Å²) in [4.78, 5) is 26.8. The minimum Gasteiger partial charge on any atom is -0.478 e. The van der Waals surface area contributed by atoms with Crippen LogP contribution in [0.25, 0.3) is 0 Å². The molecule has 1 N–H and O–H groups in total. The number of carbonyl (C=O) groups excluding carboxylic acids is 1. The Hall–Kier alpha value is -1.75. The number of fused-ring (bicyclic) bond motifs is 1. The molecular formula is C13H13ClN2O3. The Balaban J connectivity index is 2.07. The maximum Gasteiger partial charge on any atom is 0.350 e. The Labute approximate surface area is 115 Å². The highest BCUT2D eigenvalue weighted by molar-refractivity contribution is 6.30. The van der Waals surface area contributed by atoms with Crippen LogP contribution in [0.2, 0.25) is 5.02 Å². The van der Waals surface area contributed by atoms with Crippen LogP contribution in [-0.4, -0.2) is 40.6 Å². The van der Waals surface area contributed by atoms with E-state index in [1.807, 2.05) is 6.07 Å². The van der Waals surface area contributed by atoms with E-state index in [4.69, 9.17) is 11.6 Å². The van der Waals surface area contributed by atoms with Gasteiger partial charge in [-0.3, -0.25) is 4.79 Å². The van der Waals surface area contributed by atoms with Crippen LogP contribution in [0.3, 0.4) is 0 Å². The first-order valence-electron chi connectivity index (χ1n) is 6.13. The van der Waals surface area contributed by atoms with E-state index in [0.717, 1.165) is 5.69 Å². The molecule has 0 bridgehead atoms. The normalized spacial score (nSPS) is 25.8. The quantitative estimate of drug-likeness (QED) is 0.893. The Morgan fingerprint density at radius 1 is 1.32 bits per heavy atom. The number of carbonyl (C=O) groups is 2. The highest BCUT2D eigenvalue weighted by Gasteiger charge is 2.59. The van der Waals surface area contributed by atoms with Crippen LogP contribution < -0.4 is 4.90 Å². The van der Waals surface area contributed by atoms with Crippen LogP contribution in [0, 0.1) is 0 Å². The third kappa shape index (κ3) is 1.61. The van der Waals surface area contributed by atoms with Crippen molar-refractivity contribution in [2.75, 3.05) is 18.0 Å². The van der Waals surface area contributed by atoms with E-state index in [2.05, 4.69) is 0 Å². The van der Waals surface area contributed by atoms with E-state index in [-0.39, 0.29) is 12.3 Å². The minimum absolute atomic E-state index is 0.0908. The molecule has 1 atom stereocenters. The van der Waals surface area contributed by atoms with Crippen molar-refractivity contribution in [3.63, 3.8) is 0 Å². The largest absolute Gasteiger partial charge is 0.478 e. The van der Waals surface area contributed by atoms with Crippen molar-refractivity contribution in [3.8, 4) is 0 Å². The molecule has 0 aromatic heterocycles. The summed E-state index contributed by atoms with van der Waals surface area (Å²) < 4.78 is 0. The molecule has 1 aromatic carbocycles. The van der Waals surface area contributed by atoms with Crippen molar-refractivity contribution < 1.29 is 14.7 Å². The molecule has 2 aliphatic heterocycles. The Bertz CT molecular complexity index is 563. The van der Waals surface area contributed by atoms with Gasteiger partial charge in [-0.05, 0) is 18.2 Å². The first kappa shape index (κ1) is 12.3. The van der Waals surface area contributed by atoms with E-state index in [9.17, 15) is 14.7 Å². The van der Waals surface area contributed by atoms with E-state index in [1.54, 1.807) is 23.1 Å². The number of aliphatic carboxylic acids is 1. The smallest absolute Gasteiger partial charge is 0.350 e.